The van der Waals surface area contributed by atoms with Crippen molar-refractivity contribution in [3.8, 4) is 0 Å². The zero-order valence-electron chi connectivity index (χ0n) is 11.1. The van der Waals surface area contributed by atoms with Gasteiger partial charge in [0.25, 0.3) is 0 Å². The van der Waals surface area contributed by atoms with Gasteiger partial charge < -0.3 is 5.73 Å². The van der Waals surface area contributed by atoms with Gasteiger partial charge in [-0.05, 0) is 32.5 Å². The molecule has 94 valence electrons. The molecule has 2 unspecified atom stereocenters. The number of benzene rings is 1. The molecule has 1 aliphatic heterocycles. The van der Waals surface area contributed by atoms with E-state index in [0.717, 1.165) is 25.3 Å². The molecule has 0 radical (unpaired) electrons. The average molecular weight is 233 g/mol. The van der Waals surface area contributed by atoms with Crippen LogP contribution >= 0.6 is 0 Å². The van der Waals surface area contributed by atoms with Crippen molar-refractivity contribution in [2.45, 2.75) is 32.5 Å². The number of rotatable bonds is 2. The molecule has 0 amide bonds. The van der Waals surface area contributed by atoms with E-state index in [2.05, 4.69) is 42.8 Å². The van der Waals surface area contributed by atoms with Crippen molar-refractivity contribution in [2.24, 2.45) is 0 Å². The number of nitrogens with two attached hydrogens (primary N) is 1. The molecule has 0 spiro atoms. The summed E-state index contributed by atoms with van der Waals surface area (Å²) in [6.45, 7) is 7.79. The second-order valence-electron chi connectivity index (χ2n) is 5.26. The molecule has 1 heterocycles. The number of likely N-dealkylation sites (N-methyl/N-ethyl adjacent to an activating group) is 1. The van der Waals surface area contributed by atoms with Crippen LogP contribution in [0.25, 0.3) is 0 Å². The highest BCUT2D eigenvalue weighted by molar-refractivity contribution is 5.46. The van der Waals surface area contributed by atoms with E-state index < -0.39 is 0 Å². The average Bonchev–Trinajstić information content (AvgIpc) is 2.29. The first-order chi connectivity index (χ1) is 8.08. The molecule has 2 N–H and O–H groups in total. The number of anilines is 1. The van der Waals surface area contributed by atoms with Crippen LogP contribution in [0.3, 0.4) is 0 Å². The summed E-state index contributed by atoms with van der Waals surface area (Å²) in [5, 5.41) is 0. The van der Waals surface area contributed by atoms with E-state index in [1.807, 2.05) is 12.1 Å². The summed E-state index contributed by atoms with van der Waals surface area (Å²) in [5.41, 5.74) is 8.15. The third-order valence-corrected chi connectivity index (χ3v) is 3.88. The van der Waals surface area contributed by atoms with Gasteiger partial charge in [-0.25, -0.2) is 0 Å². The van der Waals surface area contributed by atoms with Crippen molar-refractivity contribution >= 4 is 5.69 Å². The van der Waals surface area contributed by atoms with Gasteiger partial charge in [-0.2, -0.15) is 0 Å². The first-order valence-electron chi connectivity index (χ1n) is 6.35. The van der Waals surface area contributed by atoms with Crippen molar-refractivity contribution in [1.82, 2.24) is 9.80 Å². The van der Waals surface area contributed by atoms with Crippen LogP contribution in [-0.2, 0) is 6.54 Å². The van der Waals surface area contributed by atoms with Crippen molar-refractivity contribution < 1.29 is 0 Å². The Balaban J connectivity index is 2.03. The van der Waals surface area contributed by atoms with E-state index in [1.165, 1.54) is 5.56 Å². The molecule has 1 aliphatic rings. The standard InChI is InChI=1S/C14H23N3/c1-11-8-17(9-12(2)16(11)3)10-13-6-4-5-7-14(13)15/h4-7,11-12H,8-10,15H2,1-3H3. The highest BCUT2D eigenvalue weighted by atomic mass is 15.3. The summed E-state index contributed by atoms with van der Waals surface area (Å²) in [4.78, 5) is 4.95. The number of para-hydroxylation sites is 1. The van der Waals surface area contributed by atoms with Crippen molar-refractivity contribution in [1.29, 1.82) is 0 Å². The quantitative estimate of drug-likeness (QED) is 0.791. The molecule has 2 rings (SSSR count). The van der Waals surface area contributed by atoms with Crippen LogP contribution < -0.4 is 5.73 Å². The van der Waals surface area contributed by atoms with Gasteiger partial charge in [-0.1, -0.05) is 18.2 Å². The second-order valence-corrected chi connectivity index (χ2v) is 5.26. The summed E-state index contributed by atoms with van der Waals surface area (Å²) >= 11 is 0. The Bertz CT molecular complexity index is 365. The number of hydrogen-bond acceptors (Lipinski definition) is 3. The summed E-state index contributed by atoms with van der Waals surface area (Å²) in [6.07, 6.45) is 0. The van der Waals surface area contributed by atoms with Crippen LogP contribution in [0.4, 0.5) is 5.69 Å². The van der Waals surface area contributed by atoms with E-state index in [1.54, 1.807) is 0 Å². The Morgan fingerprint density at radius 1 is 1.18 bits per heavy atom. The maximum atomic E-state index is 6.00. The van der Waals surface area contributed by atoms with Gasteiger partial charge in [0.1, 0.15) is 0 Å². The van der Waals surface area contributed by atoms with E-state index in [9.17, 15) is 0 Å². The largest absolute Gasteiger partial charge is 0.398 e. The van der Waals surface area contributed by atoms with Gasteiger partial charge in [0.05, 0.1) is 0 Å². The molecule has 1 aromatic carbocycles. The Hall–Kier alpha value is -1.06. The molecule has 0 aromatic heterocycles. The second kappa shape index (κ2) is 5.07. The van der Waals surface area contributed by atoms with Gasteiger partial charge in [0, 0.05) is 37.4 Å². The fourth-order valence-electron chi connectivity index (χ4n) is 2.56. The van der Waals surface area contributed by atoms with Gasteiger partial charge in [0.2, 0.25) is 0 Å². The Morgan fingerprint density at radius 3 is 2.35 bits per heavy atom. The third-order valence-electron chi connectivity index (χ3n) is 3.88. The maximum absolute atomic E-state index is 6.00. The van der Waals surface area contributed by atoms with Crippen LogP contribution in [0.15, 0.2) is 24.3 Å². The lowest BCUT2D eigenvalue weighted by atomic mass is 10.1. The topological polar surface area (TPSA) is 32.5 Å². The van der Waals surface area contributed by atoms with Crippen molar-refractivity contribution in [2.75, 3.05) is 25.9 Å². The first kappa shape index (κ1) is 12.4. The third kappa shape index (κ3) is 2.79. The smallest absolute Gasteiger partial charge is 0.0359 e. The number of piperazine rings is 1. The van der Waals surface area contributed by atoms with Gasteiger partial charge in [-0.3, -0.25) is 9.80 Å². The van der Waals surface area contributed by atoms with Gasteiger partial charge in [-0.15, -0.1) is 0 Å². The Labute approximate surface area is 104 Å². The Morgan fingerprint density at radius 2 is 1.76 bits per heavy atom. The van der Waals surface area contributed by atoms with Crippen LogP contribution in [0.5, 0.6) is 0 Å². The zero-order chi connectivity index (χ0) is 12.4. The fourth-order valence-corrected chi connectivity index (χ4v) is 2.56. The lowest BCUT2D eigenvalue weighted by molar-refractivity contribution is 0.0557. The molecule has 3 heteroatoms. The zero-order valence-corrected chi connectivity index (χ0v) is 11.1. The number of hydrogen-bond donors (Lipinski definition) is 1. The normalized spacial score (nSPS) is 27.2. The highest BCUT2D eigenvalue weighted by Gasteiger charge is 2.26. The fraction of sp³-hybridized carbons (Fsp3) is 0.571. The summed E-state index contributed by atoms with van der Waals surface area (Å²) in [6, 6.07) is 9.40. The first-order valence-corrected chi connectivity index (χ1v) is 6.35. The molecule has 1 aromatic rings. The van der Waals surface area contributed by atoms with Crippen molar-refractivity contribution in [3.05, 3.63) is 29.8 Å². The van der Waals surface area contributed by atoms with E-state index in [-0.39, 0.29) is 0 Å². The SMILES string of the molecule is CC1CN(Cc2ccccc2N)CC(C)N1C. The predicted octanol–water partition coefficient (Wildman–Crippen LogP) is 1.79. The molecule has 17 heavy (non-hydrogen) atoms. The molecule has 3 nitrogen and oxygen atoms in total. The van der Waals surface area contributed by atoms with Gasteiger partial charge in [0.15, 0.2) is 0 Å². The Kier molecular flexibility index (Phi) is 3.69. The summed E-state index contributed by atoms with van der Waals surface area (Å²) < 4.78 is 0. The summed E-state index contributed by atoms with van der Waals surface area (Å²) in [7, 11) is 2.21. The maximum Gasteiger partial charge on any atom is 0.0359 e. The minimum Gasteiger partial charge on any atom is -0.398 e. The monoisotopic (exact) mass is 233 g/mol. The van der Waals surface area contributed by atoms with Gasteiger partial charge >= 0.3 is 0 Å². The highest BCUT2D eigenvalue weighted by Crippen LogP contribution is 2.18. The lowest BCUT2D eigenvalue weighted by Crippen LogP contribution is -2.54. The number of nitrogens with zero attached hydrogens (tertiary/aromatic N) is 2. The molecule has 2 atom stereocenters. The molecule has 1 saturated heterocycles. The molecule has 0 bridgehead atoms. The predicted molar refractivity (Wildman–Crippen MR) is 72.8 cm³/mol. The van der Waals surface area contributed by atoms with Crippen LogP contribution in [0.2, 0.25) is 0 Å². The molecular formula is C14H23N3. The van der Waals surface area contributed by atoms with Crippen LogP contribution in [0, 0.1) is 0 Å². The minimum absolute atomic E-state index is 0.615. The van der Waals surface area contributed by atoms with Crippen LogP contribution in [-0.4, -0.2) is 42.0 Å². The van der Waals surface area contributed by atoms with E-state index in [0.29, 0.717) is 12.1 Å². The molecule has 0 saturated carbocycles. The van der Waals surface area contributed by atoms with Crippen LogP contribution in [0.1, 0.15) is 19.4 Å². The minimum atomic E-state index is 0.615. The molecular weight excluding hydrogens is 210 g/mol. The van der Waals surface area contributed by atoms with E-state index in [4.69, 9.17) is 5.73 Å². The molecule has 0 aliphatic carbocycles. The molecule has 1 fully saturated rings. The lowest BCUT2D eigenvalue weighted by Gasteiger charge is -2.42. The van der Waals surface area contributed by atoms with Crippen molar-refractivity contribution in [3.63, 3.8) is 0 Å². The van der Waals surface area contributed by atoms with E-state index >= 15 is 0 Å². The summed E-state index contributed by atoms with van der Waals surface area (Å²) in [5.74, 6) is 0. The number of nitrogen functional groups attached to an aromatic ring is 1.